The molecule has 0 aromatic heterocycles. The molecule has 0 aliphatic carbocycles. The number of hydrogen-bond acceptors (Lipinski definition) is 1. The number of benzene rings is 1. The molecule has 0 radical (unpaired) electrons. The maximum absolute atomic E-state index is 9.59. The quantitative estimate of drug-likeness (QED) is 0.780. The lowest BCUT2D eigenvalue weighted by atomic mass is 9.98. The van der Waals surface area contributed by atoms with E-state index in [-0.39, 0.29) is 0 Å². The molecule has 66 valence electrons. The summed E-state index contributed by atoms with van der Waals surface area (Å²) >= 11 is 3.28. The van der Waals surface area contributed by atoms with Gasteiger partial charge < -0.3 is 5.11 Å². The van der Waals surface area contributed by atoms with Crippen LogP contribution in [0, 0.1) is 6.92 Å². The van der Waals surface area contributed by atoms with E-state index in [1.165, 1.54) is 5.56 Å². The van der Waals surface area contributed by atoms with Gasteiger partial charge in [0.2, 0.25) is 0 Å². The first-order valence-corrected chi connectivity index (χ1v) is 4.81. The third-order valence-corrected chi connectivity index (χ3v) is 2.69. The standard InChI is InChI=1S/C10H13BrO/c1-6(2)8-4-5-9(11)10(12)7(8)3/h4-6,12H,1-3H3. The number of phenols is 1. The minimum absolute atomic E-state index is 0.362. The zero-order valence-corrected chi connectivity index (χ0v) is 9.14. The molecule has 0 amide bonds. The smallest absolute Gasteiger partial charge is 0.132 e. The predicted octanol–water partition coefficient (Wildman–Crippen LogP) is 3.59. The Morgan fingerprint density at radius 3 is 2.42 bits per heavy atom. The Kier molecular flexibility index (Phi) is 2.78. The lowest BCUT2D eigenvalue weighted by Crippen LogP contribution is -1.92. The third kappa shape index (κ3) is 1.63. The molecule has 0 unspecified atom stereocenters. The van der Waals surface area contributed by atoms with Gasteiger partial charge in [-0.05, 0) is 46.0 Å². The largest absolute Gasteiger partial charge is 0.506 e. The Hall–Kier alpha value is -0.500. The van der Waals surface area contributed by atoms with Gasteiger partial charge in [0.25, 0.3) is 0 Å². The van der Waals surface area contributed by atoms with Crippen molar-refractivity contribution in [1.82, 2.24) is 0 Å². The van der Waals surface area contributed by atoms with E-state index in [4.69, 9.17) is 0 Å². The van der Waals surface area contributed by atoms with E-state index >= 15 is 0 Å². The van der Waals surface area contributed by atoms with Crippen LogP contribution in [0.4, 0.5) is 0 Å². The third-order valence-electron chi connectivity index (χ3n) is 2.05. The molecule has 1 N–H and O–H groups in total. The van der Waals surface area contributed by atoms with Crippen molar-refractivity contribution >= 4 is 15.9 Å². The summed E-state index contributed by atoms with van der Waals surface area (Å²) in [6.07, 6.45) is 0. The van der Waals surface area contributed by atoms with Crippen LogP contribution in [-0.4, -0.2) is 5.11 Å². The van der Waals surface area contributed by atoms with Gasteiger partial charge in [0.1, 0.15) is 5.75 Å². The van der Waals surface area contributed by atoms with E-state index in [0.29, 0.717) is 11.7 Å². The van der Waals surface area contributed by atoms with Crippen LogP contribution < -0.4 is 0 Å². The van der Waals surface area contributed by atoms with E-state index in [0.717, 1.165) is 10.0 Å². The van der Waals surface area contributed by atoms with Gasteiger partial charge in [0.05, 0.1) is 4.47 Å². The number of phenolic OH excluding ortho intramolecular Hbond substituents is 1. The van der Waals surface area contributed by atoms with Crippen LogP contribution in [0.2, 0.25) is 0 Å². The highest BCUT2D eigenvalue weighted by atomic mass is 79.9. The highest BCUT2D eigenvalue weighted by molar-refractivity contribution is 9.10. The first kappa shape index (κ1) is 9.59. The normalized spacial score (nSPS) is 10.8. The van der Waals surface area contributed by atoms with E-state index in [9.17, 15) is 5.11 Å². The van der Waals surface area contributed by atoms with Gasteiger partial charge in [-0.1, -0.05) is 19.9 Å². The second-order valence-electron chi connectivity index (χ2n) is 3.26. The lowest BCUT2D eigenvalue weighted by molar-refractivity contribution is 0.466. The van der Waals surface area contributed by atoms with Crippen LogP contribution >= 0.6 is 15.9 Å². The summed E-state index contributed by atoms with van der Waals surface area (Å²) in [5, 5.41) is 9.59. The molecular formula is C10H13BrO. The SMILES string of the molecule is Cc1c(C(C)C)ccc(Br)c1O. The Labute approximate surface area is 81.6 Å². The predicted molar refractivity (Wildman–Crippen MR) is 54.6 cm³/mol. The summed E-state index contributed by atoms with van der Waals surface area (Å²) in [5.74, 6) is 0.824. The van der Waals surface area contributed by atoms with Crippen molar-refractivity contribution in [1.29, 1.82) is 0 Å². The second-order valence-corrected chi connectivity index (χ2v) is 4.12. The van der Waals surface area contributed by atoms with Gasteiger partial charge in [0, 0.05) is 0 Å². The first-order valence-electron chi connectivity index (χ1n) is 4.02. The Morgan fingerprint density at radius 1 is 1.33 bits per heavy atom. The molecular weight excluding hydrogens is 216 g/mol. The Morgan fingerprint density at radius 2 is 1.92 bits per heavy atom. The van der Waals surface area contributed by atoms with Crippen molar-refractivity contribution in [3.8, 4) is 5.75 Å². The van der Waals surface area contributed by atoms with Gasteiger partial charge >= 0.3 is 0 Å². The van der Waals surface area contributed by atoms with Gasteiger partial charge in [-0.15, -0.1) is 0 Å². The topological polar surface area (TPSA) is 20.2 Å². The number of halogens is 1. The zero-order chi connectivity index (χ0) is 9.30. The molecule has 1 rings (SSSR count). The van der Waals surface area contributed by atoms with E-state index in [1.807, 2.05) is 19.1 Å². The van der Waals surface area contributed by atoms with Crippen molar-refractivity contribution < 1.29 is 5.11 Å². The van der Waals surface area contributed by atoms with Gasteiger partial charge in [-0.3, -0.25) is 0 Å². The zero-order valence-electron chi connectivity index (χ0n) is 7.56. The monoisotopic (exact) mass is 228 g/mol. The second kappa shape index (κ2) is 3.48. The molecule has 1 nitrogen and oxygen atoms in total. The molecule has 0 heterocycles. The van der Waals surface area contributed by atoms with Gasteiger partial charge in [-0.25, -0.2) is 0 Å². The molecule has 0 saturated heterocycles. The van der Waals surface area contributed by atoms with Crippen molar-refractivity contribution in [3.63, 3.8) is 0 Å². The molecule has 1 aromatic carbocycles. The first-order chi connectivity index (χ1) is 5.54. The summed E-state index contributed by atoms with van der Waals surface area (Å²) in [4.78, 5) is 0. The summed E-state index contributed by atoms with van der Waals surface area (Å²) < 4.78 is 0.768. The van der Waals surface area contributed by atoms with Crippen molar-refractivity contribution in [2.45, 2.75) is 26.7 Å². The molecule has 0 fully saturated rings. The van der Waals surface area contributed by atoms with Crippen LogP contribution in [0.3, 0.4) is 0 Å². The molecule has 12 heavy (non-hydrogen) atoms. The van der Waals surface area contributed by atoms with E-state index in [1.54, 1.807) is 0 Å². The van der Waals surface area contributed by atoms with Gasteiger partial charge in [0.15, 0.2) is 0 Å². The summed E-state index contributed by atoms with van der Waals surface area (Å²) in [7, 11) is 0. The van der Waals surface area contributed by atoms with Gasteiger partial charge in [-0.2, -0.15) is 0 Å². The fourth-order valence-electron chi connectivity index (χ4n) is 1.31. The molecule has 1 aromatic rings. The average molecular weight is 229 g/mol. The number of hydrogen-bond donors (Lipinski definition) is 1. The van der Waals surface area contributed by atoms with Crippen molar-refractivity contribution in [2.24, 2.45) is 0 Å². The lowest BCUT2D eigenvalue weighted by Gasteiger charge is -2.11. The number of rotatable bonds is 1. The highest BCUT2D eigenvalue weighted by Crippen LogP contribution is 2.32. The minimum Gasteiger partial charge on any atom is -0.506 e. The Bertz CT molecular complexity index is 292. The molecule has 0 bridgehead atoms. The Balaban J connectivity index is 3.27. The molecule has 0 aliphatic rings. The molecule has 0 spiro atoms. The minimum atomic E-state index is 0.362. The van der Waals surface area contributed by atoms with Crippen LogP contribution in [0.1, 0.15) is 30.9 Å². The maximum atomic E-state index is 9.59. The van der Waals surface area contributed by atoms with Crippen LogP contribution in [0.15, 0.2) is 16.6 Å². The maximum Gasteiger partial charge on any atom is 0.132 e. The summed E-state index contributed by atoms with van der Waals surface area (Å²) in [6.45, 7) is 6.18. The van der Waals surface area contributed by atoms with E-state index in [2.05, 4.69) is 29.8 Å². The van der Waals surface area contributed by atoms with Crippen LogP contribution in [0.5, 0.6) is 5.75 Å². The molecule has 0 aliphatic heterocycles. The molecule has 0 atom stereocenters. The average Bonchev–Trinajstić information content (AvgIpc) is 2.00. The fraction of sp³-hybridized carbons (Fsp3) is 0.400. The van der Waals surface area contributed by atoms with Crippen molar-refractivity contribution in [3.05, 3.63) is 27.7 Å². The summed E-state index contributed by atoms with van der Waals surface area (Å²) in [6, 6.07) is 3.93. The highest BCUT2D eigenvalue weighted by Gasteiger charge is 2.08. The van der Waals surface area contributed by atoms with E-state index < -0.39 is 0 Å². The fourth-order valence-corrected chi connectivity index (χ4v) is 1.74. The summed E-state index contributed by atoms with van der Waals surface area (Å²) in [5.41, 5.74) is 2.18. The van der Waals surface area contributed by atoms with Crippen LogP contribution in [0.25, 0.3) is 0 Å². The van der Waals surface area contributed by atoms with Crippen molar-refractivity contribution in [2.75, 3.05) is 0 Å². The number of aromatic hydroxyl groups is 1. The van der Waals surface area contributed by atoms with Crippen LogP contribution in [-0.2, 0) is 0 Å². The molecule has 0 saturated carbocycles. The molecule has 2 heteroatoms.